The molecule has 3 saturated heterocycles. The van der Waals surface area contributed by atoms with Crippen LogP contribution in [0.5, 0.6) is 0 Å². The summed E-state index contributed by atoms with van der Waals surface area (Å²) in [5, 5.41) is 0. The predicted octanol–water partition coefficient (Wildman–Crippen LogP) is 1.41. The van der Waals surface area contributed by atoms with Crippen molar-refractivity contribution in [1.29, 1.82) is 0 Å². The Morgan fingerprint density at radius 3 is 2.68 bits per heavy atom. The van der Waals surface area contributed by atoms with E-state index in [1.165, 1.54) is 12.8 Å². The lowest BCUT2D eigenvalue weighted by Gasteiger charge is -2.47. The molecule has 4 rings (SSSR count). The van der Waals surface area contributed by atoms with E-state index in [0.29, 0.717) is 42.9 Å². The second kappa shape index (κ2) is 5.52. The standard InChI is InChI=1S/C17H26N2O3/c1-11-7-9-22-16(11)17(21)18-8-6-14-12(10-18)2-5-15(20)19(14)13-3-4-13/h11-14,16H,2-10H2,1H3/t11-,12+,14+,16+/m1/s1. The van der Waals surface area contributed by atoms with Crippen LogP contribution in [-0.2, 0) is 14.3 Å². The quantitative estimate of drug-likeness (QED) is 0.775. The van der Waals surface area contributed by atoms with Crippen LogP contribution in [0.2, 0.25) is 0 Å². The number of hydrogen-bond acceptors (Lipinski definition) is 3. The fraction of sp³-hybridized carbons (Fsp3) is 0.882. The summed E-state index contributed by atoms with van der Waals surface area (Å²) in [7, 11) is 0. The maximum atomic E-state index is 12.7. The molecule has 0 spiro atoms. The van der Waals surface area contributed by atoms with Gasteiger partial charge in [-0.2, -0.15) is 0 Å². The summed E-state index contributed by atoms with van der Waals surface area (Å²) < 4.78 is 5.65. The number of ether oxygens (including phenoxy) is 1. The predicted molar refractivity (Wildman–Crippen MR) is 81.1 cm³/mol. The van der Waals surface area contributed by atoms with E-state index in [-0.39, 0.29) is 12.0 Å². The van der Waals surface area contributed by atoms with Crippen molar-refractivity contribution in [3.63, 3.8) is 0 Å². The number of rotatable bonds is 2. The number of likely N-dealkylation sites (tertiary alicyclic amines) is 2. The van der Waals surface area contributed by atoms with Gasteiger partial charge in [0.1, 0.15) is 6.10 Å². The molecule has 4 aliphatic rings. The first-order valence-corrected chi connectivity index (χ1v) is 8.86. The van der Waals surface area contributed by atoms with Crippen LogP contribution in [0.4, 0.5) is 0 Å². The Balaban J connectivity index is 1.43. The van der Waals surface area contributed by atoms with Gasteiger partial charge in [-0.25, -0.2) is 0 Å². The van der Waals surface area contributed by atoms with E-state index < -0.39 is 0 Å². The van der Waals surface area contributed by atoms with E-state index in [0.717, 1.165) is 32.4 Å². The Bertz CT molecular complexity index is 477. The number of fused-ring (bicyclic) bond motifs is 1. The molecular formula is C17H26N2O3. The van der Waals surface area contributed by atoms with Gasteiger partial charge in [-0.15, -0.1) is 0 Å². The molecular weight excluding hydrogens is 280 g/mol. The maximum Gasteiger partial charge on any atom is 0.251 e. The number of carbonyl (C=O) groups excluding carboxylic acids is 2. The van der Waals surface area contributed by atoms with Crippen LogP contribution in [0, 0.1) is 11.8 Å². The highest BCUT2D eigenvalue weighted by atomic mass is 16.5. The van der Waals surface area contributed by atoms with Gasteiger partial charge in [-0.05, 0) is 43.9 Å². The van der Waals surface area contributed by atoms with Crippen LogP contribution in [0.15, 0.2) is 0 Å². The fourth-order valence-corrected chi connectivity index (χ4v) is 4.51. The van der Waals surface area contributed by atoms with Crippen LogP contribution < -0.4 is 0 Å². The average molecular weight is 306 g/mol. The van der Waals surface area contributed by atoms with Crippen molar-refractivity contribution in [2.24, 2.45) is 11.8 Å². The second-order valence-corrected chi connectivity index (χ2v) is 7.53. The number of amides is 2. The van der Waals surface area contributed by atoms with Crippen molar-refractivity contribution in [2.45, 2.75) is 63.6 Å². The van der Waals surface area contributed by atoms with E-state index in [2.05, 4.69) is 11.8 Å². The van der Waals surface area contributed by atoms with Gasteiger partial charge in [0, 0.05) is 38.2 Å². The third-order valence-corrected chi connectivity index (χ3v) is 5.95. The Morgan fingerprint density at radius 1 is 1.18 bits per heavy atom. The van der Waals surface area contributed by atoms with E-state index in [4.69, 9.17) is 4.74 Å². The highest BCUT2D eigenvalue weighted by Crippen LogP contribution is 2.39. The lowest BCUT2D eigenvalue weighted by molar-refractivity contribution is -0.150. The topological polar surface area (TPSA) is 49.9 Å². The summed E-state index contributed by atoms with van der Waals surface area (Å²) in [4.78, 5) is 29.1. The monoisotopic (exact) mass is 306 g/mol. The minimum absolute atomic E-state index is 0.179. The van der Waals surface area contributed by atoms with E-state index in [1.54, 1.807) is 0 Å². The number of carbonyl (C=O) groups is 2. The zero-order chi connectivity index (χ0) is 15.3. The number of hydrogen-bond donors (Lipinski definition) is 0. The smallest absolute Gasteiger partial charge is 0.251 e. The molecule has 0 bridgehead atoms. The fourth-order valence-electron chi connectivity index (χ4n) is 4.51. The van der Waals surface area contributed by atoms with Crippen molar-refractivity contribution in [2.75, 3.05) is 19.7 Å². The molecule has 0 unspecified atom stereocenters. The highest BCUT2D eigenvalue weighted by Gasteiger charge is 2.46. The van der Waals surface area contributed by atoms with E-state index >= 15 is 0 Å². The summed E-state index contributed by atoms with van der Waals surface area (Å²) >= 11 is 0. The first-order chi connectivity index (χ1) is 10.6. The van der Waals surface area contributed by atoms with Crippen molar-refractivity contribution in [1.82, 2.24) is 9.80 Å². The van der Waals surface area contributed by atoms with E-state index in [1.807, 2.05) is 4.90 Å². The SMILES string of the molecule is C[C@@H]1CCO[C@@H]1C(=O)N1CC[C@H]2[C@@H](CCC(=O)N2C2CC2)C1. The third kappa shape index (κ3) is 2.43. The molecule has 22 heavy (non-hydrogen) atoms. The van der Waals surface area contributed by atoms with E-state index in [9.17, 15) is 9.59 Å². The molecule has 0 N–H and O–H groups in total. The highest BCUT2D eigenvalue weighted by molar-refractivity contribution is 5.82. The molecule has 4 atom stereocenters. The van der Waals surface area contributed by atoms with Gasteiger partial charge in [0.05, 0.1) is 0 Å². The van der Waals surface area contributed by atoms with Crippen molar-refractivity contribution < 1.29 is 14.3 Å². The molecule has 3 aliphatic heterocycles. The summed E-state index contributed by atoms with van der Waals surface area (Å²) in [6.45, 7) is 4.41. The first-order valence-electron chi connectivity index (χ1n) is 8.86. The van der Waals surface area contributed by atoms with Gasteiger partial charge in [0.2, 0.25) is 5.91 Å². The lowest BCUT2D eigenvalue weighted by Crippen LogP contribution is -2.58. The molecule has 1 aliphatic carbocycles. The minimum atomic E-state index is -0.235. The molecule has 122 valence electrons. The molecule has 0 aromatic heterocycles. The summed E-state index contributed by atoms with van der Waals surface area (Å²) in [6, 6.07) is 0.875. The molecule has 0 aromatic rings. The zero-order valence-electron chi connectivity index (χ0n) is 13.4. The maximum absolute atomic E-state index is 12.7. The average Bonchev–Trinajstić information content (AvgIpc) is 3.26. The van der Waals surface area contributed by atoms with Crippen molar-refractivity contribution in [3.05, 3.63) is 0 Å². The largest absolute Gasteiger partial charge is 0.368 e. The van der Waals surface area contributed by atoms with Crippen molar-refractivity contribution in [3.8, 4) is 0 Å². The molecule has 0 radical (unpaired) electrons. The van der Waals surface area contributed by atoms with Crippen LogP contribution >= 0.6 is 0 Å². The number of nitrogens with zero attached hydrogens (tertiary/aromatic N) is 2. The van der Waals surface area contributed by atoms with Gasteiger partial charge < -0.3 is 14.5 Å². The molecule has 2 amide bonds. The third-order valence-electron chi connectivity index (χ3n) is 5.95. The molecule has 5 heteroatoms. The van der Waals surface area contributed by atoms with Gasteiger partial charge >= 0.3 is 0 Å². The second-order valence-electron chi connectivity index (χ2n) is 7.53. The normalized spacial score (nSPS) is 39.0. The zero-order valence-corrected chi connectivity index (χ0v) is 13.4. The van der Waals surface area contributed by atoms with Gasteiger partial charge in [0.25, 0.3) is 5.91 Å². The summed E-state index contributed by atoms with van der Waals surface area (Å²) in [6.07, 6.45) is 5.64. The molecule has 1 saturated carbocycles. The summed E-state index contributed by atoms with van der Waals surface area (Å²) in [5.74, 6) is 1.32. The van der Waals surface area contributed by atoms with Crippen LogP contribution in [0.25, 0.3) is 0 Å². The molecule has 3 heterocycles. The molecule has 5 nitrogen and oxygen atoms in total. The van der Waals surface area contributed by atoms with Crippen LogP contribution in [0.3, 0.4) is 0 Å². The Kier molecular flexibility index (Phi) is 3.63. The molecule has 0 aromatic carbocycles. The van der Waals surface area contributed by atoms with Gasteiger partial charge in [-0.3, -0.25) is 9.59 Å². The first kappa shape index (κ1) is 14.5. The van der Waals surface area contributed by atoms with Crippen LogP contribution in [-0.4, -0.2) is 59.5 Å². The Morgan fingerprint density at radius 2 is 2.00 bits per heavy atom. The number of piperidine rings is 2. The van der Waals surface area contributed by atoms with Gasteiger partial charge in [0.15, 0.2) is 0 Å². The van der Waals surface area contributed by atoms with Gasteiger partial charge in [-0.1, -0.05) is 6.92 Å². The van der Waals surface area contributed by atoms with Crippen LogP contribution in [0.1, 0.15) is 45.4 Å². The Labute approximate surface area is 132 Å². The summed E-state index contributed by atoms with van der Waals surface area (Å²) in [5.41, 5.74) is 0. The van der Waals surface area contributed by atoms with Crippen molar-refractivity contribution >= 4 is 11.8 Å². The molecule has 4 fully saturated rings. The lowest BCUT2D eigenvalue weighted by atomic mass is 9.83. The minimum Gasteiger partial charge on any atom is -0.368 e. The Hall–Kier alpha value is -1.10.